The Kier molecular flexibility index (Phi) is 6.13. The van der Waals surface area contributed by atoms with E-state index in [0.717, 1.165) is 13.0 Å². The Morgan fingerprint density at radius 1 is 1.47 bits per heavy atom. The second-order valence-corrected chi connectivity index (χ2v) is 5.45. The van der Waals surface area contributed by atoms with E-state index in [0.29, 0.717) is 24.2 Å². The fraction of sp³-hybridized carbons (Fsp3) is 0.800. The van der Waals surface area contributed by atoms with Gasteiger partial charge in [0.15, 0.2) is 0 Å². The first-order chi connectivity index (χ1) is 8.11. The Labute approximate surface area is 104 Å². The van der Waals surface area contributed by atoms with Crippen molar-refractivity contribution in [1.82, 2.24) is 15.5 Å². The monoisotopic (exact) mass is 260 g/mol. The van der Waals surface area contributed by atoms with Crippen LogP contribution in [-0.2, 0) is 17.3 Å². The average Bonchev–Trinajstić information content (AvgIpc) is 2.71. The third kappa shape index (κ3) is 5.78. The molecule has 1 rings (SSSR count). The zero-order valence-electron chi connectivity index (χ0n) is 10.5. The number of hydrogen-bond donors (Lipinski definition) is 2. The van der Waals surface area contributed by atoms with Crippen molar-refractivity contribution >= 4 is 16.8 Å². The van der Waals surface area contributed by atoms with Crippen molar-refractivity contribution in [3.63, 3.8) is 0 Å². The van der Waals surface area contributed by atoms with E-state index in [2.05, 4.69) is 20.8 Å². The lowest BCUT2D eigenvalue weighted by Gasteiger charge is -2.09. The molecule has 1 aromatic rings. The Bertz CT molecular complexity index is 356. The van der Waals surface area contributed by atoms with Crippen LogP contribution in [0.5, 0.6) is 0 Å². The summed E-state index contributed by atoms with van der Waals surface area (Å²) in [7, 11) is -0.760. The minimum atomic E-state index is -0.760. The molecule has 0 spiro atoms. The number of rotatable bonds is 8. The number of nitrogens with zero attached hydrogens (tertiary/aromatic N) is 2. The summed E-state index contributed by atoms with van der Waals surface area (Å²) in [6.07, 6.45) is 2.52. The van der Waals surface area contributed by atoms with E-state index in [-0.39, 0.29) is 6.04 Å². The second-order valence-electron chi connectivity index (χ2n) is 3.89. The standard InChI is InChI=1S/C10H20N4O2S/c1-4-11-7-9-13-14-10(16-9)12-8(2)5-6-17(3)15/h8,11H,4-7H2,1-3H3,(H,12,14). The van der Waals surface area contributed by atoms with Crippen LogP contribution in [0.3, 0.4) is 0 Å². The van der Waals surface area contributed by atoms with Crippen LogP contribution in [0.1, 0.15) is 26.2 Å². The molecule has 0 aliphatic rings. The summed E-state index contributed by atoms with van der Waals surface area (Å²) in [6, 6.07) is 0.596. The van der Waals surface area contributed by atoms with Crippen LogP contribution in [0.4, 0.5) is 6.01 Å². The lowest BCUT2D eigenvalue weighted by molar-refractivity contribution is 0.477. The van der Waals surface area contributed by atoms with Crippen LogP contribution < -0.4 is 10.6 Å². The highest BCUT2D eigenvalue weighted by atomic mass is 32.2. The van der Waals surface area contributed by atoms with Gasteiger partial charge in [-0.15, -0.1) is 5.10 Å². The highest BCUT2D eigenvalue weighted by Gasteiger charge is 2.09. The fourth-order valence-electron chi connectivity index (χ4n) is 1.24. The first-order valence-corrected chi connectivity index (χ1v) is 7.44. The quantitative estimate of drug-likeness (QED) is 0.718. The van der Waals surface area contributed by atoms with Crippen molar-refractivity contribution in [1.29, 1.82) is 0 Å². The van der Waals surface area contributed by atoms with Gasteiger partial charge in [0.05, 0.1) is 6.54 Å². The molecule has 98 valence electrons. The molecule has 6 nitrogen and oxygen atoms in total. The minimum absolute atomic E-state index is 0.173. The lowest BCUT2D eigenvalue weighted by Crippen LogP contribution is -2.18. The van der Waals surface area contributed by atoms with E-state index in [9.17, 15) is 4.21 Å². The lowest BCUT2D eigenvalue weighted by atomic mass is 10.3. The van der Waals surface area contributed by atoms with Gasteiger partial charge in [0.25, 0.3) is 0 Å². The van der Waals surface area contributed by atoms with Crippen molar-refractivity contribution in [3.8, 4) is 0 Å². The maximum atomic E-state index is 10.9. The second kappa shape index (κ2) is 7.39. The molecular formula is C10H20N4O2S. The van der Waals surface area contributed by atoms with Crippen molar-refractivity contribution in [2.75, 3.05) is 23.9 Å². The van der Waals surface area contributed by atoms with Gasteiger partial charge in [-0.3, -0.25) is 4.21 Å². The van der Waals surface area contributed by atoms with E-state index in [1.807, 2.05) is 13.8 Å². The van der Waals surface area contributed by atoms with Crippen LogP contribution >= 0.6 is 0 Å². The minimum Gasteiger partial charge on any atom is -0.407 e. The fourth-order valence-corrected chi connectivity index (χ4v) is 1.93. The van der Waals surface area contributed by atoms with E-state index >= 15 is 0 Å². The topological polar surface area (TPSA) is 80.0 Å². The maximum absolute atomic E-state index is 10.9. The normalized spacial score (nSPS) is 14.5. The predicted molar refractivity (Wildman–Crippen MR) is 68.3 cm³/mol. The molecule has 0 aliphatic heterocycles. The van der Waals surface area contributed by atoms with Crippen molar-refractivity contribution in [2.45, 2.75) is 32.9 Å². The van der Waals surface area contributed by atoms with E-state index in [1.165, 1.54) is 0 Å². The van der Waals surface area contributed by atoms with Crippen LogP contribution in [0, 0.1) is 0 Å². The molecule has 0 aromatic carbocycles. The highest BCUT2D eigenvalue weighted by molar-refractivity contribution is 7.84. The molecule has 1 heterocycles. The molecule has 0 saturated heterocycles. The van der Waals surface area contributed by atoms with Crippen molar-refractivity contribution < 1.29 is 8.63 Å². The van der Waals surface area contributed by atoms with Crippen molar-refractivity contribution in [2.24, 2.45) is 0 Å². The molecule has 2 unspecified atom stereocenters. The van der Waals surface area contributed by atoms with Gasteiger partial charge in [0.1, 0.15) is 0 Å². The maximum Gasteiger partial charge on any atom is 0.315 e. The number of aromatic nitrogens is 2. The molecular weight excluding hydrogens is 240 g/mol. The molecule has 0 aliphatic carbocycles. The first kappa shape index (κ1) is 14.1. The molecule has 0 amide bonds. The van der Waals surface area contributed by atoms with Gasteiger partial charge >= 0.3 is 6.01 Å². The molecule has 2 N–H and O–H groups in total. The van der Waals surface area contributed by atoms with E-state index < -0.39 is 10.8 Å². The molecule has 1 aromatic heterocycles. The largest absolute Gasteiger partial charge is 0.407 e. The number of nitrogens with one attached hydrogen (secondary N) is 2. The third-order valence-corrected chi connectivity index (χ3v) is 3.01. The van der Waals surface area contributed by atoms with Crippen LogP contribution in [0.15, 0.2) is 4.42 Å². The van der Waals surface area contributed by atoms with Gasteiger partial charge in [0.2, 0.25) is 5.89 Å². The Morgan fingerprint density at radius 3 is 2.88 bits per heavy atom. The summed E-state index contributed by atoms with van der Waals surface area (Å²) >= 11 is 0. The summed E-state index contributed by atoms with van der Waals surface area (Å²) in [6.45, 7) is 5.46. The average molecular weight is 260 g/mol. The van der Waals surface area contributed by atoms with Gasteiger partial charge in [0, 0.05) is 28.9 Å². The van der Waals surface area contributed by atoms with E-state index in [1.54, 1.807) is 6.26 Å². The summed E-state index contributed by atoms with van der Waals surface area (Å²) < 4.78 is 16.3. The molecule has 0 radical (unpaired) electrons. The van der Waals surface area contributed by atoms with Crippen LogP contribution in [-0.4, -0.2) is 39.0 Å². The summed E-state index contributed by atoms with van der Waals surface area (Å²) in [5.41, 5.74) is 0. The Morgan fingerprint density at radius 2 is 2.24 bits per heavy atom. The highest BCUT2D eigenvalue weighted by Crippen LogP contribution is 2.08. The van der Waals surface area contributed by atoms with Crippen LogP contribution in [0.2, 0.25) is 0 Å². The molecule has 0 saturated carbocycles. The summed E-state index contributed by atoms with van der Waals surface area (Å²) in [5.74, 6) is 1.24. The Balaban J connectivity index is 2.35. The first-order valence-electron chi connectivity index (χ1n) is 5.71. The number of hydrogen-bond acceptors (Lipinski definition) is 6. The third-order valence-electron chi connectivity index (χ3n) is 2.20. The van der Waals surface area contributed by atoms with Gasteiger partial charge in [-0.05, 0) is 19.9 Å². The zero-order valence-corrected chi connectivity index (χ0v) is 11.3. The summed E-state index contributed by atoms with van der Waals surface area (Å²) in [5, 5.41) is 14.0. The van der Waals surface area contributed by atoms with E-state index in [4.69, 9.17) is 4.42 Å². The predicted octanol–water partition coefficient (Wildman–Crippen LogP) is 0.748. The van der Waals surface area contributed by atoms with Gasteiger partial charge in [-0.25, -0.2) is 0 Å². The van der Waals surface area contributed by atoms with Crippen molar-refractivity contribution in [3.05, 3.63) is 5.89 Å². The SMILES string of the molecule is CCNCc1nnc(NC(C)CCS(C)=O)o1. The molecule has 7 heteroatoms. The van der Waals surface area contributed by atoms with Gasteiger partial charge in [-0.2, -0.15) is 0 Å². The van der Waals surface area contributed by atoms with Gasteiger partial charge < -0.3 is 15.1 Å². The van der Waals surface area contributed by atoms with Crippen LogP contribution in [0.25, 0.3) is 0 Å². The Hall–Kier alpha value is -0.950. The smallest absolute Gasteiger partial charge is 0.315 e. The molecule has 2 atom stereocenters. The zero-order chi connectivity index (χ0) is 12.7. The number of anilines is 1. The molecule has 0 bridgehead atoms. The molecule has 0 fully saturated rings. The summed E-state index contributed by atoms with van der Waals surface area (Å²) in [4.78, 5) is 0. The van der Waals surface area contributed by atoms with Gasteiger partial charge in [-0.1, -0.05) is 12.0 Å². The molecule has 17 heavy (non-hydrogen) atoms.